The van der Waals surface area contributed by atoms with Crippen LogP contribution in [0.1, 0.15) is 25.8 Å². The van der Waals surface area contributed by atoms with Gasteiger partial charge in [0.1, 0.15) is 0 Å². The molecular formula is C16H22N4OS. The van der Waals surface area contributed by atoms with Gasteiger partial charge in [0.25, 0.3) is 0 Å². The first-order chi connectivity index (χ1) is 10.5. The third-order valence-electron chi connectivity index (χ3n) is 3.46. The highest BCUT2D eigenvalue weighted by Crippen LogP contribution is 2.23. The fraction of sp³-hybridized carbons (Fsp3) is 0.438. The molecule has 0 aliphatic rings. The molecule has 1 unspecified atom stereocenters. The van der Waals surface area contributed by atoms with E-state index in [1.807, 2.05) is 30.7 Å². The van der Waals surface area contributed by atoms with Gasteiger partial charge in [0.05, 0.1) is 5.75 Å². The zero-order valence-electron chi connectivity index (χ0n) is 13.5. The van der Waals surface area contributed by atoms with Gasteiger partial charge in [0.15, 0.2) is 11.0 Å². The average Bonchev–Trinajstić information content (AvgIpc) is 2.86. The van der Waals surface area contributed by atoms with Gasteiger partial charge in [-0.2, -0.15) is 0 Å². The molecule has 0 aliphatic heterocycles. The van der Waals surface area contributed by atoms with E-state index in [0.717, 1.165) is 23.0 Å². The van der Waals surface area contributed by atoms with Crippen LogP contribution in [0.4, 0.5) is 0 Å². The minimum Gasteiger partial charge on any atom is -0.353 e. The summed E-state index contributed by atoms with van der Waals surface area (Å²) >= 11 is 1.40. The number of thioether (sulfide) groups is 1. The van der Waals surface area contributed by atoms with Crippen LogP contribution in [-0.2, 0) is 11.8 Å². The number of carbonyl (C=O) groups excluding carboxylic acids is 1. The molecule has 22 heavy (non-hydrogen) atoms. The molecule has 5 nitrogen and oxygen atoms in total. The maximum absolute atomic E-state index is 11.8. The molecule has 2 aromatic rings. The number of rotatable bonds is 6. The van der Waals surface area contributed by atoms with Gasteiger partial charge >= 0.3 is 0 Å². The van der Waals surface area contributed by atoms with E-state index in [1.54, 1.807) is 0 Å². The lowest BCUT2D eigenvalue weighted by atomic mass is 10.1. The predicted molar refractivity (Wildman–Crippen MR) is 89.8 cm³/mol. The Kier molecular flexibility index (Phi) is 5.60. The maximum atomic E-state index is 11.8. The Balaban J connectivity index is 2.04. The van der Waals surface area contributed by atoms with Gasteiger partial charge < -0.3 is 9.88 Å². The Bertz CT molecular complexity index is 653. The SMILES string of the molecule is CCC(C)NC(=O)CSc1nnc(-c2cccc(C)c2)n1C. The van der Waals surface area contributed by atoms with Crippen LogP contribution in [0.5, 0.6) is 0 Å². The lowest BCUT2D eigenvalue weighted by molar-refractivity contribution is -0.119. The summed E-state index contributed by atoms with van der Waals surface area (Å²) in [7, 11) is 1.92. The third-order valence-corrected chi connectivity index (χ3v) is 4.48. The highest BCUT2D eigenvalue weighted by molar-refractivity contribution is 7.99. The first-order valence-electron chi connectivity index (χ1n) is 7.39. The van der Waals surface area contributed by atoms with Crippen molar-refractivity contribution in [2.45, 2.75) is 38.4 Å². The van der Waals surface area contributed by atoms with Crippen LogP contribution < -0.4 is 5.32 Å². The number of benzene rings is 1. The van der Waals surface area contributed by atoms with Gasteiger partial charge in [-0.1, -0.05) is 42.4 Å². The van der Waals surface area contributed by atoms with Crippen molar-refractivity contribution in [2.75, 3.05) is 5.75 Å². The lowest BCUT2D eigenvalue weighted by Gasteiger charge is -2.10. The van der Waals surface area contributed by atoms with Crippen LogP contribution in [-0.4, -0.2) is 32.5 Å². The van der Waals surface area contributed by atoms with Crippen molar-refractivity contribution < 1.29 is 4.79 Å². The third kappa shape index (κ3) is 4.10. The zero-order valence-corrected chi connectivity index (χ0v) is 14.3. The van der Waals surface area contributed by atoms with Crippen molar-refractivity contribution in [2.24, 2.45) is 7.05 Å². The molecule has 1 amide bonds. The van der Waals surface area contributed by atoms with Crippen molar-refractivity contribution in [1.82, 2.24) is 20.1 Å². The lowest BCUT2D eigenvalue weighted by Crippen LogP contribution is -2.33. The fourth-order valence-electron chi connectivity index (χ4n) is 2.02. The van der Waals surface area contributed by atoms with Crippen molar-refractivity contribution in [3.05, 3.63) is 29.8 Å². The summed E-state index contributed by atoms with van der Waals surface area (Å²) in [6, 6.07) is 8.35. The Labute approximate surface area is 135 Å². The summed E-state index contributed by atoms with van der Waals surface area (Å²) in [4.78, 5) is 11.8. The van der Waals surface area contributed by atoms with E-state index >= 15 is 0 Å². The zero-order chi connectivity index (χ0) is 16.1. The molecule has 118 valence electrons. The minimum absolute atomic E-state index is 0.0273. The van der Waals surface area contributed by atoms with E-state index < -0.39 is 0 Å². The number of nitrogens with one attached hydrogen (secondary N) is 1. The number of nitrogens with zero attached hydrogens (tertiary/aromatic N) is 3. The van der Waals surface area contributed by atoms with Gasteiger partial charge in [0, 0.05) is 18.7 Å². The van der Waals surface area contributed by atoms with Gasteiger partial charge in [-0.25, -0.2) is 0 Å². The van der Waals surface area contributed by atoms with Crippen LogP contribution in [0.2, 0.25) is 0 Å². The molecule has 6 heteroatoms. The van der Waals surface area contributed by atoms with Gasteiger partial charge in [0.2, 0.25) is 5.91 Å². The number of hydrogen-bond donors (Lipinski definition) is 1. The molecule has 0 bridgehead atoms. The molecule has 1 atom stereocenters. The van der Waals surface area contributed by atoms with E-state index in [1.165, 1.54) is 17.3 Å². The molecule has 1 aromatic carbocycles. The molecule has 1 heterocycles. The van der Waals surface area contributed by atoms with Gasteiger partial charge in [-0.3, -0.25) is 4.79 Å². The normalized spacial score (nSPS) is 12.2. The van der Waals surface area contributed by atoms with Crippen molar-refractivity contribution >= 4 is 17.7 Å². The molecule has 0 spiro atoms. The molecule has 0 saturated carbocycles. The highest BCUT2D eigenvalue weighted by Gasteiger charge is 2.13. The van der Waals surface area contributed by atoms with Gasteiger partial charge in [-0.05, 0) is 26.3 Å². The minimum atomic E-state index is 0.0273. The summed E-state index contributed by atoms with van der Waals surface area (Å²) in [5.74, 6) is 1.19. The molecule has 0 radical (unpaired) electrons. The van der Waals surface area contributed by atoms with Crippen molar-refractivity contribution in [3.63, 3.8) is 0 Å². The highest BCUT2D eigenvalue weighted by atomic mass is 32.2. The number of aryl methyl sites for hydroxylation is 1. The number of amides is 1. The molecular weight excluding hydrogens is 296 g/mol. The summed E-state index contributed by atoms with van der Waals surface area (Å²) in [5, 5.41) is 12.1. The molecule has 0 fully saturated rings. The number of aromatic nitrogens is 3. The fourth-order valence-corrected chi connectivity index (χ4v) is 2.75. The molecule has 1 N–H and O–H groups in total. The topological polar surface area (TPSA) is 59.8 Å². The van der Waals surface area contributed by atoms with E-state index in [2.05, 4.69) is 41.5 Å². The second kappa shape index (κ2) is 7.45. The van der Waals surface area contributed by atoms with E-state index in [9.17, 15) is 4.79 Å². The van der Waals surface area contributed by atoms with Crippen LogP contribution in [0.25, 0.3) is 11.4 Å². The predicted octanol–water partition coefficient (Wildman–Crippen LogP) is 2.80. The second-order valence-corrected chi connectivity index (χ2v) is 6.34. The van der Waals surface area contributed by atoms with E-state index in [-0.39, 0.29) is 11.9 Å². The summed E-state index contributed by atoms with van der Waals surface area (Å²) in [6.07, 6.45) is 0.928. The maximum Gasteiger partial charge on any atom is 0.230 e. The van der Waals surface area contributed by atoms with E-state index in [4.69, 9.17) is 0 Å². The Hall–Kier alpha value is -1.82. The quantitative estimate of drug-likeness (QED) is 0.832. The first-order valence-corrected chi connectivity index (χ1v) is 8.38. The van der Waals surface area contributed by atoms with Crippen molar-refractivity contribution in [3.8, 4) is 11.4 Å². The van der Waals surface area contributed by atoms with E-state index in [0.29, 0.717) is 5.75 Å². The van der Waals surface area contributed by atoms with Gasteiger partial charge in [-0.15, -0.1) is 10.2 Å². The summed E-state index contributed by atoms with van der Waals surface area (Å²) in [6.45, 7) is 6.10. The van der Waals surface area contributed by atoms with Crippen LogP contribution in [0.15, 0.2) is 29.4 Å². The number of hydrogen-bond acceptors (Lipinski definition) is 4. The van der Waals surface area contributed by atoms with Crippen LogP contribution in [0.3, 0.4) is 0 Å². The summed E-state index contributed by atoms with van der Waals surface area (Å²) < 4.78 is 1.93. The van der Waals surface area contributed by atoms with Crippen LogP contribution >= 0.6 is 11.8 Å². The van der Waals surface area contributed by atoms with Crippen molar-refractivity contribution in [1.29, 1.82) is 0 Å². The smallest absolute Gasteiger partial charge is 0.230 e. The summed E-state index contributed by atoms with van der Waals surface area (Å²) in [5.41, 5.74) is 2.22. The average molecular weight is 318 g/mol. The second-order valence-electron chi connectivity index (χ2n) is 5.40. The standard InChI is InChI=1S/C16H22N4OS/c1-5-12(3)17-14(21)10-22-16-19-18-15(20(16)4)13-8-6-7-11(2)9-13/h6-9,12H,5,10H2,1-4H3,(H,17,21). The van der Waals surface area contributed by atoms with Crippen LogP contribution in [0, 0.1) is 6.92 Å². The Morgan fingerprint density at radius 3 is 2.86 bits per heavy atom. The Morgan fingerprint density at radius 1 is 1.41 bits per heavy atom. The largest absolute Gasteiger partial charge is 0.353 e. The molecule has 2 rings (SSSR count). The molecule has 0 saturated heterocycles. The molecule has 0 aliphatic carbocycles. The molecule has 1 aromatic heterocycles. The first kappa shape index (κ1) is 16.5. The number of carbonyl (C=O) groups is 1. The monoisotopic (exact) mass is 318 g/mol. The Morgan fingerprint density at radius 2 is 2.18 bits per heavy atom.